The van der Waals surface area contributed by atoms with Crippen LogP contribution in [0.4, 0.5) is 4.53 Å². The van der Waals surface area contributed by atoms with Crippen LogP contribution in [0.5, 0.6) is 0 Å². The molecule has 2 N–H and O–H groups in total. The van der Waals surface area contributed by atoms with Crippen LogP contribution >= 0.6 is 7.82 Å². The number of nitrogens with one attached hydrogen (secondary N) is 1. The second kappa shape index (κ2) is 12.3. The number of hydrogen-bond acceptors (Lipinski definition) is 9. The summed E-state index contributed by atoms with van der Waals surface area (Å²) < 4.78 is 42.7. The van der Waals surface area contributed by atoms with Gasteiger partial charge in [0.2, 0.25) is 0 Å². The zero-order valence-electron chi connectivity index (χ0n) is 13.9. The molecule has 0 amide bonds. The van der Waals surface area contributed by atoms with Gasteiger partial charge in [-0.05, 0) is 0 Å². The van der Waals surface area contributed by atoms with Crippen LogP contribution in [0.2, 0.25) is 0 Å². The fourth-order valence-corrected chi connectivity index (χ4v) is 2.19. The van der Waals surface area contributed by atoms with E-state index in [-0.39, 0.29) is 6.61 Å². The molecule has 0 saturated carbocycles. The first-order chi connectivity index (χ1) is 11.2. The number of phosphoric acid groups is 1. The largest absolute Gasteiger partial charge is 0.474 e. The first-order valence-electron chi connectivity index (χ1n) is 7.11. The summed E-state index contributed by atoms with van der Waals surface area (Å²) in [4.78, 5) is 25.7. The van der Waals surface area contributed by atoms with E-state index in [0.29, 0.717) is 6.54 Å². The molecule has 0 aromatic heterocycles. The van der Waals surface area contributed by atoms with Gasteiger partial charge in [-0.2, -0.15) is 0 Å². The summed E-state index contributed by atoms with van der Waals surface area (Å²) >= 11 is 0. The van der Waals surface area contributed by atoms with E-state index in [4.69, 9.17) is 9.05 Å². The van der Waals surface area contributed by atoms with Crippen molar-refractivity contribution < 1.29 is 51.9 Å². The summed E-state index contributed by atoms with van der Waals surface area (Å²) in [7, 11) is 1.10. The molecule has 142 valence electrons. The zero-order chi connectivity index (χ0) is 18.6. The molecular formula is C12H24FNO9P+. The number of ether oxygens (including phenoxy) is 1. The van der Waals surface area contributed by atoms with Gasteiger partial charge >= 0.3 is 19.8 Å². The number of carbonyl (C=O) groups is 2. The maximum atomic E-state index is 12.0. The fourth-order valence-electron chi connectivity index (χ4n) is 1.23. The lowest BCUT2D eigenvalue weighted by molar-refractivity contribution is -0.858. The third-order valence-corrected chi connectivity index (χ3v) is 3.97. The molecule has 24 heavy (non-hydrogen) atoms. The van der Waals surface area contributed by atoms with Crippen LogP contribution in [0.15, 0.2) is 0 Å². The van der Waals surface area contributed by atoms with Crippen LogP contribution in [0.1, 0.15) is 12.8 Å². The van der Waals surface area contributed by atoms with Crippen molar-refractivity contribution in [1.82, 2.24) is 0 Å². The molecule has 0 rings (SSSR count). The van der Waals surface area contributed by atoms with Crippen LogP contribution in [0.3, 0.4) is 0 Å². The van der Waals surface area contributed by atoms with Crippen LogP contribution < -0.4 is 4.90 Å². The van der Waals surface area contributed by atoms with Gasteiger partial charge in [0.15, 0.2) is 0 Å². The lowest BCUT2D eigenvalue weighted by atomic mass is 10.3. The van der Waals surface area contributed by atoms with Crippen molar-refractivity contribution in [1.29, 1.82) is 0 Å². The molecular weight excluding hydrogens is 352 g/mol. The molecule has 0 aliphatic heterocycles. The maximum absolute atomic E-state index is 12.0. The highest BCUT2D eigenvalue weighted by atomic mass is 31.2. The summed E-state index contributed by atoms with van der Waals surface area (Å²) in [5.74, 6) is -2.03. The second-order valence-corrected chi connectivity index (χ2v) is 6.78. The van der Waals surface area contributed by atoms with Gasteiger partial charge in [0.1, 0.15) is 25.9 Å². The van der Waals surface area contributed by atoms with Gasteiger partial charge < -0.3 is 14.7 Å². The van der Waals surface area contributed by atoms with E-state index in [0.717, 1.165) is 12.0 Å². The molecule has 0 spiro atoms. The van der Waals surface area contributed by atoms with E-state index in [1.165, 1.54) is 0 Å². The Labute approximate surface area is 139 Å². The highest BCUT2D eigenvalue weighted by molar-refractivity contribution is 7.48. The first kappa shape index (κ1) is 22.9. The Kier molecular flexibility index (Phi) is 11.7. The standard InChI is InChI=1S/C12H23FNO9P/c1-14(2)6-7-21-24(18,19-3)22-9-10(15)8-20-11(16)4-5-12(17)23-13/h10,15H,4-9H2,1-3H3/p+1. The maximum Gasteiger partial charge on any atom is 0.474 e. The topological polar surface area (TPSA) is 122 Å². The number of esters is 1. The average molecular weight is 376 g/mol. The minimum absolute atomic E-state index is 0.128. The number of likely N-dealkylation sites (N-methyl/N-ethyl adjacent to an activating group) is 1. The van der Waals surface area contributed by atoms with Gasteiger partial charge in [0.05, 0.1) is 33.5 Å². The van der Waals surface area contributed by atoms with Crippen molar-refractivity contribution in [3.05, 3.63) is 0 Å². The van der Waals surface area contributed by atoms with Crippen LogP contribution in [0, 0.1) is 0 Å². The van der Waals surface area contributed by atoms with Gasteiger partial charge in [-0.3, -0.25) is 23.3 Å². The molecule has 0 heterocycles. The summed E-state index contributed by atoms with van der Waals surface area (Å²) in [5, 5.41) is 9.60. The van der Waals surface area contributed by atoms with Crippen molar-refractivity contribution in [3.8, 4) is 0 Å². The van der Waals surface area contributed by atoms with Gasteiger partial charge in [0, 0.05) is 11.6 Å². The SMILES string of the molecule is COP(=O)(OCC[NH+](C)C)OCC(O)COC(=O)CCC(=O)OF. The van der Waals surface area contributed by atoms with E-state index in [2.05, 4.69) is 14.2 Å². The number of rotatable bonds is 13. The molecule has 0 bridgehead atoms. The molecule has 0 saturated heterocycles. The smallest absolute Gasteiger partial charge is 0.463 e. The Bertz CT molecular complexity index is 435. The molecule has 0 fully saturated rings. The normalized spacial score (nSPS) is 14.9. The molecule has 0 aliphatic rings. The highest BCUT2D eigenvalue weighted by Crippen LogP contribution is 2.48. The van der Waals surface area contributed by atoms with E-state index in [9.17, 15) is 23.8 Å². The minimum Gasteiger partial charge on any atom is -0.463 e. The monoisotopic (exact) mass is 376 g/mol. The second-order valence-electron chi connectivity index (χ2n) is 5.00. The van der Waals surface area contributed by atoms with Crippen LogP contribution in [0.25, 0.3) is 0 Å². The van der Waals surface area contributed by atoms with E-state index in [1.807, 2.05) is 14.1 Å². The Morgan fingerprint density at radius 2 is 1.79 bits per heavy atom. The Hall–Kier alpha value is -1.10. The van der Waals surface area contributed by atoms with Gasteiger partial charge in [0.25, 0.3) is 0 Å². The summed E-state index contributed by atoms with van der Waals surface area (Å²) in [6.07, 6.45) is -2.17. The molecule has 2 atom stereocenters. The lowest BCUT2D eigenvalue weighted by Crippen LogP contribution is -3.06. The molecule has 0 aliphatic carbocycles. The Morgan fingerprint density at radius 1 is 1.17 bits per heavy atom. The third kappa shape index (κ3) is 11.4. The predicted molar refractivity (Wildman–Crippen MR) is 77.6 cm³/mol. The number of halogens is 1. The quantitative estimate of drug-likeness (QED) is 0.309. The van der Waals surface area contributed by atoms with Gasteiger partial charge in [-0.1, -0.05) is 0 Å². The molecule has 0 aromatic carbocycles. The molecule has 10 nitrogen and oxygen atoms in total. The van der Waals surface area contributed by atoms with Crippen molar-refractivity contribution in [3.63, 3.8) is 0 Å². The number of aliphatic hydroxyl groups is 1. The van der Waals surface area contributed by atoms with Crippen molar-refractivity contribution >= 4 is 19.8 Å². The van der Waals surface area contributed by atoms with Gasteiger partial charge in [-0.15, -0.1) is 0 Å². The highest BCUT2D eigenvalue weighted by Gasteiger charge is 2.27. The third-order valence-electron chi connectivity index (χ3n) is 2.56. The van der Waals surface area contributed by atoms with Crippen LogP contribution in [-0.4, -0.2) is 70.7 Å². The summed E-state index contributed by atoms with van der Waals surface area (Å²) in [6.45, 7) is -0.226. The number of aliphatic hydroxyl groups excluding tert-OH is 1. The van der Waals surface area contributed by atoms with Crippen molar-refractivity contribution in [2.24, 2.45) is 0 Å². The van der Waals surface area contributed by atoms with Crippen molar-refractivity contribution in [2.45, 2.75) is 18.9 Å². The Balaban J connectivity index is 4.04. The van der Waals surface area contributed by atoms with Gasteiger partial charge in [-0.25, -0.2) is 9.36 Å². The molecule has 2 unspecified atom stereocenters. The summed E-state index contributed by atoms with van der Waals surface area (Å²) in [6, 6.07) is 0. The predicted octanol–water partition coefficient (Wildman–Crippen LogP) is -0.969. The van der Waals surface area contributed by atoms with E-state index >= 15 is 0 Å². The fraction of sp³-hybridized carbons (Fsp3) is 0.833. The average Bonchev–Trinajstić information content (AvgIpc) is 2.55. The zero-order valence-corrected chi connectivity index (χ0v) is 14.8. The summed E-state index contributed by atoms with van der Waals surface area (Å²) in [5.41, 5.74) is 0. The number of phosphoric ester groups is 1. The molecule has 0 radical (unpaired) electrons. The number of hydrogen-bond donors (Lipinski definition) is 2. The number of quaternary nitrogens is 1. The van der Waals surface area contributed by atoms with E-state index < -0.39 is 51.9 Å². The lowest BCUT2D eigenvalue weighted by Gasteiger charge is -2.18. The first-order valence-corrected chi connectivity index (χ1v) is 8.57. The number of carbonyl (C=O) groups excluding carboxylic acids is 2. The minimum atomic E-state index is -3.80. The van der Waals surface area contributed by atoms with E-state index in [1.54, 1.807) is 0 Å². The molecule has 0 aromatic rings. The molecule has 12 heteroatoms. The Morgan fingerprint density at radius 3 is 2.33 bits per heavy atom. The van der Waals surface area contributed by atoms with Crippen LogP contribution in [-0.2, 0) is 37.4 Å². The van der Waals surface area contributed by atoms with Crippen molar-refractivity contribution in [2.75, 3.05) is 47.6 Å².